The maximum absolute atomic E-state index is 15.2. The van der Waals surface area contributed by atoms with Crippen LogP contribution < -0.4 is 0 Å². The molecule has 0 N–H and O–H groups in total. The summed E-state index contributed by atoms with van der Waals surface area (Å²) in [4.78, 5) is 3.29. The highest BCUT2D eigenvalue weighted by atomic mass is 19.2. The Labute approximate surface area is 270 Å². The maximum Gasteiger partial charge on any atom is 0.187 e. The number of halogens is 7. The molecule has 0 aliphatic rings. The van der Waals surface area contributed by atoms with Gasteiger partial charge in [0.1, 0.15) is 46.8 Å². The first-order chi connectivity index (χ1) is 23.1. The van der Waals surface area contributed by atoms with Gasteiger partial charge in [-0.05, 0) is 88.3 Å². The summed E-state index contributed by atoms with van der Waals surface area (Å²) in [7, 11) is 0. The Balaban J connectivity index is 1.24. The van der Waals surface area contributed by atoms with Gasteiger partial charge in [-0.25, -0.2) is 35.6 Å². The Morgan fingerprint density at radius 3 is 1.31 bits per heavy atom. The zero-order valence-electron chi connectivity index (χ0n) is 24.6. The molecule has 48 heavy (non-hydrogen) atoms. The molecular formula is C39H19F7N2. The number of nitriles is 1. The Morgan fingerprint density at radius 1 is 0.479 bits per heavy atom. The van der Waals surface area contributed by atoms with Gasteiger partial charge in [-0.3, -0.25) is 0 Å². The summed E-state index contributed by atoms with van der Waals surface area (Å²) in [6.07, 6.45) is -0.256. The van der Waals surface area contributed by atoms with Gasteiger partial charge in [0.05, 0.1) is 23.3 Å². The monoisotopic (exact) mass is 648 g/mol. The zero-order valence-corrected chi connectivity index (χ0v) is 24.6. The molecule has 0 radical (unpaired) electrons. The van der Waals surface area contributed by atoms with E-state index in [-0.39, 0.29) is 50.9 Å². The van der Waals surface area contributed by atoms with Crippen molar-refractivity contribution >= 4 is 5.69 Å². The number of hydrogen-bond donors (Lipinski definition) is 0. The van der Waals surface area contributed by atoms with E-state index in [1.165, 1.54) is 48.5 Å². The van der Waals surface area contributed by atoms with Crippen molar-refractivity contribution in [3.63, 3.8) is 0 Å². The molecule has 0 unspecified atom stereocenters. The highest BCUT2D eigenvalue weighted by Gasteiger charge is 2.19. The van der Waals surface area contributed by atoms with Crippen LogP contribution in [-0.4, -0.2) is 0 Å². The third kappa shape index (κ3) is 6.14. The predicted molar refractivity (Wildman–Crippen MR) is 168 cm³/mol. The van der Waals surface area contributed by atoms with Gasteiger partial charge in [-0.15, -0.1) is 0 Å². The van der Waals surface area contributed by atoms with Crippen LogP contribution in [-0.2, 0) is 6.42 Å². The lowest BCUT2D eigenvalue weighted by atomic mass is 9.95. The van der Waals surface area contributed by atoms with Crippen LogP contribution in [0.5, 0.6) is 0 Å². The summed E-state index contributed by atoms with van der Waals surface area (Å²) in [5.74, 6) is -6.55. The van der Waals surface area contributed by atoms with Crippen LogP contribution in [0.2, 0.25) is 0 Å². The van der Waals surface area contributed by atoms with Gasteiger partial charge in [0.15, 0.2) is 5.69 Å². The molecule has 0 spiro atoms. The van der Waals surface area contributed by atoms with Crippen molar-refractivity contribution in [1.82, 2.24) is 0 Å². The normalized spacial score (nSPS) is 10.9. The molecule has 0 saturated heterocycles. The van der Waals surface area contributed by atoms with Crippen LogP contribution in [0.3, 0.4) is 0 Å². The highest BCUT2D eigenvalue weighted by molar-refractivity contribution is 5.74. The van der Waals surface area contributed by atoms with E-state index >= 15 is 26.3 Å². The topological polar surface area (TPSA) is 28.1 Å². The van der Waals surface area contributed by atoms with E-state index in [0.717, 1.165) is 42.5 Å². The van der Waals surface area contributed by atoms with Gasteiger partial charge in [0, 0.05) is 11.1 Å². The molecule has 0 saturated carbocycles. The molecule has 0 aromatic heterocycles. The standard InChI is InChI=1S/C39H19F7N2/c1-48-28-8-4-23(5-9-28)29-10-6-25(18-32(29)41)38-34(43)13-21(14-35(38)44)12-22-15-36(45)39(37(46)16-22)26-7-11-30(33(42)19-26)24-2-3-27(20-47)31(40)17-24/h2-11,13-19H,12H2. The molecule has 0 heterocycles. The number of hydrogen-bond acceptors (Lipinski definition) is 1. The summed E-state index contributed by atoms with van der Waals surface area (Å²) < 4.78 is 105. The van der Waals surface area contributed by atoms with Crippen molar-refractivity contribution in [2.45, 2.75) is 6.42 Å². The molecule has 234 valence electrons. The van der Waals surface area contributed by atoms with Gasteiger partial charge in [-0.1, -0.05) is 54.6 Å². The van der Waals surface area contributed by atoms with Crippen molar-refractivity contribution in [3.05, 3.63) is 172 Å². The van der Waals surface area contributed by atoms with Crippen molar-refractivity contribution < 1.29 is 30.7 Å². The fraction of sp³-hybridized carbons (Fsp3) is 0.0256. The van der Waals surface area contributed by atoms with Crippen LogP contribution in [0.15, 0.2) is 103 Å². The fourth-order valence-electron chi connectivity index (χ4n) is 5.54. The van der Waals surface area contributed by atoms with Crippen LogP contribution >= 0.6 is 0 Å². The average Bonchev–Trinajstić information content (AvgIpc) is 3.04. The quantitative estimate of drug-likeness (QED) is 0.130. The predicted octanol–water partition coefficient (Wildman–Crippen LogP) is 11.3. The van der Waals surface area contributed by atoms with Crippen LogP contribution in [0.25, 0.3) is 49.4 Å². The lowest BCUT2D eigenvalue weighted by molar-refractivity contribution is 0.583. The van der Waals surface area contributed by atoms with Crippen molar-refractivity contribution in [2.24, 2.45) is 0 Å². The van der Waals surface area contributed by atoms with Crippen LogP contribution in [0.1, 0.15) is 16.7 Å². The van der Waals surface area contributed by atoms with Crippen molar-refractivity contribution in [3.8, 4) is 50.6 Å². The molecule has 6 aromatic carbocycles. The zero-order chi connectivity index (χ0) is 34.1. The summed E-state index contributed by atoms with van der Waals surface area (Å²) in [6, 6.07) is 22.5. The second kappa shape index (κ2) is 12.9. The minimum absolute atomic E-state index is 0.0435. The van der Waals surface area contributed by atoms with E-state index in [0.29, 0.717) is 11.3 Å². The largest absolute Gasteiger partial charge is 0.238 e. The number of nitrogens with zero attached hydrogens (tertiary/aromatic N) is 2. The first-order valence-corrected chi connectivity index (χ1v) is 14.3. The van der Waals surface area contributed by atoms with Gasteiger partial charge >= 0.3 is 0 Å². The van der Waals surface area contributed by atoms with Crippen LogP contribution in [0, 0.1) is 58.6 Å². The van der Waals surface area contributed by atoms with Gasteiger partial charge in [0.2, 0.25) is 0 Å². The minimum atomic E-state index is -1.04. The second-order valence-electron chi connectivity index (χ2n) is 10.9. The second-order valence-corrected chi connectivity index (χ2v) is 10.9. The van der Waals surface area contributed by atoms with Gasteiger partial charge < -0.3 is 0 Å². The molecule has 0 aliphatic heterocycles. The Morgan fingerprint density at radius 2 is 0.896 bits per heavy atom. The Bertz CT molecular complexity index is 2270. The molecule has 0 aliphatic carbocycles. The van der Waals surface area contributed by atoms with E-state index in [9.17, 15) is 4.39 Å². The molecule has 0 amide bonds. The molecule has 0 fully saturated rings. The van der Waals surface area contributed by atoms with E-state index < -0.39 is 51.8 Å². The Hall–Kier alpha value is -6.19. The summed E-state index contributed by atoms with van der Waals surface area (Å²) in [5.41, 5.74) is -0.186. The van der Waals surface area contributed by atoms with E-state index in [4.69, 9.17) is 11.8 Å². The smallest absolute Gasteiger partial charge is 0.187 e. The molecular weight excluding hydrogens is 629 g/mol. The van der Waals surface area contributed by atoms with Crippen LogP contribution in [0.4, 0.5) is 36.4 Å². The molecule has 0 atom stereocenters. The minimum Gasteiger partial charge on any atom is -0.238 e. The third-order valence-corrected chi connectivity index (χ3v) is 7.84. The average molecular weight is 649 g/mol. The summed E-state index contributed by atoms with van der Waals surface area (Å²) in [6.45, 7) is 7.03. The Kier molecular flexibility index (Phi) is 8.54. The van der Waals surface area contributed by atoms with Gasteiger partial charge in [-0.2, -0.15) is 5.26 Å². The lowest BCUT2D eigenvalue weighted by Gasteiger charge is -2.12. The van der Waals surface area contributed by atoms with Crippen molar-refractivity contribution in [2.75, 3.05) is 0 Å². The molecule has 6 rings (SSSR count). The number of rotatable bonds is 6. The third-order valence-electron chi connectivity index (χ3n) is 7.84. The van der Waals surface area contributed by atoms with Gasteiger partial charge in [0.25, 0.3) is 0 Å². The fourth-order valence-corrected chi connectivity index (χ4v) is 5.54. The molecule has 6 aromatic rings. The highest BCUT2D eigenvalue weighted by Crippen LogP contribution is 2.35. The molecule has 0 bridgehead atoms. The SMILES string of the molecule is [C-]#[N+]c1ccc(-c2ccc(-c3c(F)cc(Cc4cc(F)c(-c5ccc(-c6ccc(C#N)c(F)c6)c(F)c5)c(F)c4)cc3F)cc2F)cc1. The first kappa shape index (κ1) is 31.8. The van der Waals surface area contributed by atoms with Crippen molar-refractivity contribution in [1.29, 1.82) is 5.26 Å². The lowest BCUT2D eigenvalue weighted by Crippen LogP contribution is -1.99. The number of benzene rings is 6. The molecule has 2 nitrogen and oxygen atoms in total. The van der Waals surface area contributed by atoms with E-state index in [2.05, 4.69) is 4.85 Å². The first-order valence-electron chi connectivity index (χ1n) is 14.3. The van der Waals surface area contributed by atoms with E-state index in [1.807, 2.05) is 0 Å². The summed E-state index contributed by atoms with van der Waals surface area (Å²) in [5, 5.41) is 8.90. The summed E-state index contributed by atoms with van der Waals surface area (Å²) >= 11 is 0. The molecule has 9 heteroatoms. The van der Waals surface area contributed by atoms with E-state index in [1.54, 1.807) is 18.2 Å². The maximum atomic E-state index is 15.2.